The number of para-hydroxylation sites is 1. The van der Waals surface area contributed by atoms with Gasteiger partial charge in [0.15, 0.2) is 5.78 Å². The summed E-state index contributed by atoms with van der Waals surface area (Å²) in [5.74, 6) is 0.233. The first-order valence-electron chi connectivity index (χ1n) is 10.4. The molecule has 1 aliphatic heterocycles. The molecule has 0 bridgehead atoms. The summed E-state index contributed by atoms with van der Waals surface area (Å²) in [6, 6.07) is 8.84. The minimum absolute atomic E-state index is 0.0421. The average molecular weight is 367 g/mol. The van der Waals surface area contributed by atoms with Crippen molar-refractivity contribution in [2.24, 2.45) is 0 Å². The van der Waals surface area contributed by atoms with E-state index in [1.54, 1.807) is 6.08 Å². The van der Waals surface area contributed by atoms with Gasteiger partial charge in [-0.2, -0.15) is 0 Å². The number of aromatic nitrogens is 1. The summed E-state index contributed by atoms with van der Waals surface area (Å²) in [6.45, 7) is 4.97. The molecule has 27 heavy (non-hydrogen) atoms. The Morgan fingerprint density at radius 2 is 2.07 bits per heavy atom. The van der Waals surface area contributed by atoms with Gasteiger partial charge in [-0.1, -0.05) is 44.0 Å². The number of fused-ring (bicyclic) bond motifs is 3. The molecule has 144 valence electrons. The largest absolute Gasteiger partial charge is 0.372 e. The normalized spacial score (nSPS) is 25.6. The van der Waals surface area contributed by atoms with Crippen LogP contribution < -0.4 is 0 Å². The van der Waals surface area contributed by atoms with Crippen molar-refractivity contribution in [2.45, 2.75) is 57.6 Å². The van der Waals surface area contributed by atoms with E-state index < -0.39 is 0 Å². The van der Waals surface area contributed by atoms with Crippen LogP contribution in [0.5, 0.6) is 0 Å². The third-order valence-corrected chi connectivity index (χ3v) is 6.05. The minimum Gasteiger partial charge on any atom is -0.372 e. The molecule has 1 aromatic heterocycles. The summed E-state index contributed by atoms with van der Waals surface area (Å²) in [7, 11) is 0. The average Bonchev–Trinajstić information content (AvgIpc) is 3.11. The molecule has 2 atom stereocenters. The molecular formula is C23H30N2O2. The van der Waals surface area contributed by atoms with Crippen molar-refractivity contribution in [2.75, 3.05) is 19.7 Å². The van der Waals surface area contributed by atoms with E-state index in [0.29, 0.717) is 13.0 Å². The molecule has 0 amide bonds. The van der Waals surface area contributed by atoms with Crippen molar-refractivity contribution in [3.63, 3.8) is 0 Å². The minimum atomic E-state index is 0.0421. The maximum Gasteiger partial charge on any atom is 0.155 e. The van der Waals surface area contributed by atoms with Gasteiger partial charge in [0.1, 0.15) is 0 Å². The zero-order valence-corrected chi connectivity index (χ0v) is 16.2. The molecule has 0 radical (unpaired) electrons. The number of rotatable bonds is 4. The second-order valence-corrected chi connectivity index (χ2v) is 7.75. The Hall–Kier alpha value is -1.91. The first-order chi connectivity index (χ1) is 13.3. The van der Waals surface area contributed by atoms with Gasteiger partial charge in [0.25, 0.3) is 0 Å². The highest BCUT2D eigenvalue weighted by Gasteiger charge is 2.30. The van der Waals surface area contributed by atoms with E-state index in [0.717, 1.165) is 45.2 Å². The topological polar surface area (TPSA) is 45.3 Å². The van der Waals surface area contributed by atoms with Crippen LogP contribution in [0.4, 0.5) is 0 Å². The summed E-state index contributed by atoms with van der Waals surface area (Å²) in [4.78, 5) is 18.0. The quantitative estimate of drug-likeness (QED) is 0.863. The number of ether oxygens (including phenoxy) is 1. The van der Waals surface area contributed by atoms with Gasteiger partial charge in [-0.05, 0) is 43.5 Å². The molecule has 1 unspecified atom stereocenters. The van der Waals surface area contributed by atoms with Crippen molar-refractivity contribution in [3.05, 3.63) is 47.7 Å². The van der Waals surface area contributed by atoms with Crippen LogP contribution in [0, 0.1) is 0 Å². The smallest absolute Gasteiger partial charge is 0.155 e. The van der Waals surface area contributed by atoms with Gasteiger partial charge in [0.2, 0.25) is 0 Å². The van der Waals surface area contributed by atoms with E-state index in [1.165, 1.54) is 22.2 Å². The van der Waals surface area contributed by atoms with Crippen LogP contribution >= 0.6 is 0 Å². The number of carbonyl (C=O) groups is 1. The van der Waals surface area contributed by atoms with Crippen LogP contribution in [0.2, 0.25) is 0 Å². The van der Waals surface area contributed by atoms with Gasteiger partial charge in [0.05, 0.1) is 18.8 Å². The number of carbonyl (C=O) groups excluding carboxylic acids is 1. The lowest BCUT2D eigenvalue weighted by molar-refractivity contribution is -0.114. The number of likely N-dealkylation sites (N-methyl/N-ethyl adjacent to an activating group) is 1. The molecule has 2 heterocycles. The van der Waals surface area contributed by atoms with Crippen molar-refractivity contribution < 1.29 is 9.53 Å². The fourth-order valence-electron chi connectivity index (χ4n) is 4.51. The molecule has 0 spiro atoms. The third-order valence-electron chi connectivity index (χ3n) is 6.05. The molecule has 1 N–H and O–H groups in total. The number of nitrogens with one attached hydrogen (secondary N) is 1. The summed E-state index contributed by atoms with van der Waals surface area (Å²) in [5, 5.41) is 1.35. The lowest BCUT2D eigenvalue weighted by atomic mass is 9.97. The summed E-state index contributed by atoms with van der Waals surface area (Å²) >= 11 is 0. The number of allylic oxidation sites excluding steroid dienone is 1. The molecule has 2 aromatic rings. The Morgan fingerprint density at radius 3 is 2.96 bits per heavy atom. The van der Waals surface area contributed by atoms with E-state index in [1.807, 2.05) is 6.08 Å². The van der Waals surface area contributed by atoms with E-state index in [9.17, 15) is 4.79 Å². The fourth-order valence-corrected chi connectivity index (χ4v) is 4.51. The van der Waals surface area contributed by atoms with Crippen LogP contribution in [0.15, 0.2) is 36.4 Å². The van der Waals surface area contributed by atoms with Crippen LogP contribution in [0.25, 0.3) is 10.9 Å². The van der Waals surface area contributed by atoms with Gasteiger partial charge in [-0.15, -0.1) is 0 Å². The fraction of sp³-hybridized carbons (Fsp3) is 0.522. The predicted molar refractivity (Wildman–Crippen MR) is 109 cm³/mol. The highest BCUT2D eigenvalue weighted by molar-refractivity contribution is 5.89. The molecule has 2 aliphatic rings. The standard InChI is InChI=1S/C23H30N2O2/c1-2-25-15-14-20-19-10-6-7-11-21(19)24-23(20)22(25)16-27-18-9-5-3-4-8-17(26)12-13-18/h6-7,10-13,18,22,24H,2-5,8-9,14-16H2,1H3/b13-12-/t18-,22?/m0/s1. The number of nitrogens with zero attached hydrogens (tertiary/aromatic N) is 1. The number of ketones is 1. The predicted octanol–water partition coefficient (Wildman–Crippen LogP) is 4.56. The second-order valence-electron chi connectivity index (χ2n) is 7.75. The third kappa shape index (κ3) is 4.02. The number of benzene rings is 1. The van der Waals surface area contributed by atoms with E-state index in [2.05, 4.69) is 41.1 Å². The molecule has 0 saturated carbocycles. The molecular weight excluding hydrogens is 336 g/mol. The lowest BCUT2D eigenvalue weighted by Crippen LogP contribution is -2.38. The van der Waals surface area contributed by atoms with E-state index >= 15 is 0 Å². The Kier molecular flexibility index (Phi) is 5.74. The Labute approximate surface area is 161 Å². The number of H-pyrrole nitrogens is 1. The van der Waals surface area contributed by atoms with Crippen molar-refractivity contribution in [1.29, 1.82) is 0 Å². The summed E-state index contributed by atoms with van der Waals surface area (Å²) in [6.07, 6.45) is 9.77. The van der Waals surface area contributed by atoms with E-state index in [-0.39, 0.29) is 17.9 Å². The summed E-state index contributed by atoms with van der Waals surface area (Å²) < 4.78 is 6.35. The van der Waals surface area contributed by atoms with Gasteiger partial charge < -0.3 is 9.72 Å². The molecule has 4 rings (SSSR count). The van der Waals surface area contributed by atoms with Crippen LogP contribution in [-0.4, -0.2) is 41.5 Å². The highest BCUT2D eigenvalue weighted by atomic mass is 16.5. The highest BCUT2D eigenvalue weighted by Crippen LogP contribution is 2.34. The van der Waals surface area contributed by atoms with Crippen LogP contribution in [0.1, 0.15) is 56.3 Å². The van der Waals surface area contributed by atoms with E-state index in [4.69, 9.17) is 4.74 Å². The first-order valence-corrected chi connectivity index (χ1v) is 10.4. The SMILES string of the molecule is CCN1CCc2c([nH]c3ccccc23)C1CO[C@@H]1/C=C\C(=O)CCCCC1. The van der Waals surface area contributed by atoms with Gasteiger partial charge in [0, 0.05) is 29.6 Å². The molecule has 4 nitrogen and oxygen atoms in total. The zero-order chi connectivity index (χ0) is 18.6. The second kappa shape index (κ2) is 8.41. The number of hydrogen-bond donors (Lipinski definition) is 1. The Balaban J connectivity index is 1.54. The van der Waals surface area contributed by atoms with Crippen molar-refractivity contribution in [1.82, 2.24) is 9.88 Å². The van der Waals surface area contributed by atoms with Crippen molar-refractivity contribution >= 4 is 16.7 Å². The van der Waals surface area contributed by atoms with Crippen LogP contribution in [-0.2, 0) is 16.0 Å². The molecule has 4 heteroatoms. The van der Waals surface area contributed by atoms with Crippen molar-refractivity contribution in [3.8, 4) is 0 Å². The molecule has 0 saturated heterocycles. The maximum absolute atomic E-state index is 11.8. The number of hydrogen-bond acceptors (Lipinski definition) is 3. The maximum atomic E-state index is 11.8. The molecule has 1 aliphatic carbocycles. The number of aromatic amines is 1. The van der Waals surface area contributed by atoms with Gasteiger partial charge in [-0.3, -0.25) is 9.69 Å². The summed E-state index contributed by atoms with van der Waals surface area (Å²) in [5.41, 5.74) is 3.98. The molecule has 1 aromatic carbocycles. The van der Waals surface area contributed by atoms with Gasteiger partial charge >= 0.3 is 0 Å². The molecule has 0 fully saturated rings. The Bertz CT molecular complexity index is 823. The zero-order valence-electron chi connectivity index (χ0n) is 16.2. The lowest BCUT2D eigenvalue weighted by Gasteiger charge is -2.35. The monoisotopic (exact) mass is 366 g/mol. The van der Waals surface area contributed by atoms with Crippen LogP contribution in [0.3, 0.4) is 0 Å². The first kappa shape index (κ1) is 18.5. The van der Waals surface area contributed by atoms with Gasteiger partial charge in [-0.25, -0.2) is 0 Å². The Morgan fingerprint density at radius 1 is 1.19 bits per heavy atom.